The minimum absolute atomic E-state index is 0.0467. The van der Waals surface area contributed by atoms with Gasteiger partial charge >= 0.3 is 19.1 Å². The summed E-state index contributed by atoms with van der Waals surface area (Å²) in [6.45, 7) is 12.0. The van der Waals surface area contributed by atoms with Crippen LogP contribution in [0.5, 0.6) is 0 Å². The molecule has 2 saturated heterocycles. The molecule has 0 saturated carbocycles. The van der Waals surface area contributed by atoms with Gasteiger partial charge in [0.25, 0.3) is 25.8 Å². The molecule has 0 bridgehead atoms. The summed E-state index contributed by atoms with van der Waals surface area (Å²) in [6, 6.07) is 23.5. The van der Waals surface area contributed by atoms with Crippen LogP contribution in [0.3, 0.4) is 0 Å². The number of likely N-dealkylation sites (tertiary alicyclic amines) is 1. The zero-order valence-electron chi connectivity index (χ0n) is 40.6. The Morgan fingerprint density at radius 2 is 1.60 bits per heavy atom. The first-order valence-corrected chi connectivity index (χ1v) is 29.9. The van der Waals surface area contributed by atoms with E-state index < -0.39 is 78.5 Å². The Bertz CT molecular complexity index is 2950. The van der Waals surface area contributed by atoms with Crippen LogP contribution in [-0.4, -0.2) is 125 Å². The number of hydrogen-bond donors (Lipinski definition) is 4. The molecule has 0 aromatic heterocycles. The molecule has 1 aliphatic carbocycles. The summed E-state index contributed by atoms with van der Waals surface area (Å²) in [5, 5.41) is 3.39. The standard InChI is InChI=1S/C50H60ClF3N5O10PS3/c1-4-57-23-20-42(48(61)69-33-70(62,63)64)43(32-57)41-7-5-6-8-45(41)71-28-22-55-44-18-17-39(29-46(44)72(65,66)50(52,53)54)73(67,68)56-47(60)35-11-15-38(16-12-35)59-26-24-58(25-27-59)31-36-30-49(2,3)21-19-40(36)34-9-13-37(51)14-10-34/h5-18,29,42-43,55H,4,19-28,30-33H2,1-3H3,(H,56,60)(H2,62,63,64). The Kier molecular flexibility index (Phi) is 17.9. The van der Waals surface area contributed by atoms with Crippen LogP contribution in [0.1, 0.15) is 73.9 Å². The molecule has 396 valence electrons. The molecule has 4 N–H and O–H groups in total. The van der Waals surface area contributed by atoms with Crippen molar-refractivity contribution in [3.8, 4) is 0 Å². The summed E-state index contributed by atoms with van der Waals surface area (Å²) in [5.74, 6) is -2.81. The molecule has 73 heavy (non-hydrogen) atoms. The van der Waals surface area contributed by atoms with Crippen LogP contribution in [0.15, 0.2) is 111 Å². The molecule has 0 spiro atoms. The van der Waals surface area contributed by atoms with Crippen LogP contribution in [0.2, 0.25) is 5.02 Å². The van der Waals surface area contributed by atoms with Crippen molar-refractivity contribution in [1.82, 2.24) is 14.5 Å². The van der Waals surface area contributed by atoms with E-state index in [0.29, 0.717) is 55.1 Å². The minimum atomic E-state index is -6.12. The van der Waals surface area contributed by atoms with E-state index in [0.717, 1.165) is 62.3 Å². The largest absolute Gasteiger partial charge is 0.501 e. The van der Waals surface area contributed by atoms with E-state index in [9.17, 15) is 53.9 Å². The van der Waals surface area contributed by atoms with Gasteiger partial charge in [0.2, 0.25) is 0 Å². The second kappa shape index (κ2) is 23.2. The Balaban J connectivity index is 0.985. The number of esters is 1. The van der Waals surface area contributed by atoms with Gasteiger partial charge in [0.1, 0.15) is 4.90 Å². The maximum absolute atomic E-state index is 14.1. The molecular formula is C50H60ClF3N5O10PS3. The molecule has 2 aliphatic heterocycles. The lowest BCUT2D eigenvalue weighted by atomic mass is 9.73. The summed E-state index contributed by atoms with van der Waals surface area (Å²) in [6.07, 6.45) is 2.41. The highest BCUT2D eigenvalue weighted by Crippen LogP contribution is 2.44. The SMILES string of the molecule is CCN1CCC(C(=O)OCP(=O)(O)O)C(c2ccccc2SCCNc2ccc(S(=O)(=O)NC(=O)c3ccc(N4CCN(CC5=C(c6ccc(Cl)cc6)CCC(C)(C)C5)CC4)cc3)cc2S(=O)(=O)C(F)(F)F)C1. The number of thioether (sulfide) groups is 1. The maximum atomic E-state index is 14.1. The summed E-state index contributed by atoms with van der Waals surface area (Å²) in [5.41, 5.74) is -0.627. The minimum Gasteiger partial charge on any atom is -0.452 e. The summed E-state index contributed by atoms with van der Waals surface area (Å²) >= 11 is 7.45. The van der Waals surface area contributed by atoms with Gasteiger partial charge in [0.05, 0.1) is 16.5 Å². The molecular weight excluding hydrogens is 1050 g/mol. The van der Waals surface area contributed by atoms with Gasteiger partial charge in [-0.1, -0.05) is 68.3 Å². The van der Waals surface area contributed by atoms with E-state index in [1.807, 2.05) is 29.8 Å². The number of ether oxygens (including phenoxy) is 1. The number of likely N-dealkylation sites (N-methyl/N-ethyl adjacent to an activating group) is 1. The Hall–Kier alpha value is -4.44. The van der Waals surface area contributed by atoms with E-state index in [2.05, 4.69) is 46.0 Å². The first kappa shape index (κ1) is 56.3. The van der Waals surface area contributed by atoms with Gasteiger partial charge in [-0.2, -0.15) is 13.2 Å². The van der Waals surface area contributed by atoms with E-state index in [1.165, 1.54) is 40.6 Å². The van der Waals surface area contributed by atoms with Gasteiger partial charge in [0, 0.05) is 78.7 Å². The average Bonchev–Trinajstić information content (AvgIpc) is 3.34. The molecule has 2 atom stereocenters. The highest BCUT2D eigenvalue weighted by atomic mass is 35.5. The summed E-state index contributed by atoms with van der Waals surface area (Å²) < 4.78 is 114. The fourth-order valence-corrected chi connectivity index (χ4v) is 13.1. The molecule has 4 aromatic carbocycles. The molecule has 4 aromatic rings. The fraction of sp³-hybridized carbons (Fsp3) is 0.440. The highest BCUT2D eigenvalue weighted by Gasteiger charge is 2.48. The van der Waals surface area contributed by atoms with E-state index in [1.54, 1.807) is 30.3 Å². The number of hydrogen-bond acceptors (Lipinski definition) is 13. The molecule has 2 unspecified atom stereocenters. The van der Waals surface area contributed by atoms with E-state index in [4.69, 9.17) is 16.3 Å². The van der Waals surface area contributed by atoms with Crippen molar-refractivity contribution in [3.63, 3.8) is 0 Å². The predicted molar refractivity (Wildman–Crippen MR) is 277 cm³/mol. The first-order chi connectivity index (χ1) is 34.3. The second-order valence-electron chi connectivity index (χ2n) is 19.2. The number of piperidine rings is 1. The van der Waals surface area contributed by atoms with Gasteiger partial charge < -0.3 is 29.6 Å². The summed E-state index contributed by atoms with van der Waals surface area (Å²) in [7, 11) is -15.6. The monoisotopic (exact) mass is 1110 g/mol. The van der Waals surface area contributed by atoms with Crippen molar-refractivity contribution in [1.29, 1.82) is 0 Å². The van der Waals surface area contributed by atoms with Crippen LogP contribution < -0.4 is 14.9 Å². The number of carbonyl (C=O) groups is 2. The van der Waals surface area contributed by atoms with Crippen LogP contribution in [0, 0.1) is 11.3 Å². The van der Waals surface area contributed by atoms with Crippen molar-refractivity contribution >= 4 is 79.6 Å². The quantitative estimate of drug-likeness (QED) is 0.0318. The van der Waals surface area contributed by atoms with Crippen LogP contribution >= 0.6 is 31.0 Å². The summed E-state index contributed by atoms with van der Waals surface area (Å²) in [4.78, 5) is 50.2. The number of carbonyl (C=O) groups excluding carboxylic acids is 2. The van der Waals surface area contributed by atoms with Gasteiger partial charge in [0.15, 0.2) is 6.35 Å². The molecule has 7 rings (SSSR count). The number of halogens is 4. The molecule has 23 heteroatoms. The van der Waals surface area contributed by atoms with E-state index in [-0.39, 0.29) is 23.3 Å². The highest BCUT2D eigenvalue weighted by molar-refractivity contribution is 7.99. The Morgan fingerprint density at radius 3 is 2.26 bits per heavy atom. The number of piperazine rings is 1. The van der Waals surface area contributed by atoms with Crippen molar-refractivity contribution in [3.05, 3.63) is 118 Å². The number of sulfonamides is 1. The molecule has 3 aliphatic rings. The molecule has 0 radical (unpaired) electrons. The lowest BCUT2D eigenvalue weighted by Crippen LogP contribution is -2.47. The third kappa shape index (κ3) is 14.3. The lowest BCUT2D eigenvalue weighted by molar-refractivity contribution is -0.149. The number of sulfone groups is 1. The van der Waals surface area contributed by atoms with E-state index >= 15 is 0 Å². The Morgan fingerprint density at radius 1 is 0.918 bits per heavy atom. The van der Waals surface area contributed by atoms with Crippen molar-refractivity contribution in [2.45, 2.75) is 72.6 Å². The zero-order chi connectivity index (χ0) is 52.9. The molecule has 15 nitrogen and oxygen atoms in total. The molecule has 1 amide bonds. The topological polar surface area (TPSA) is 203 Å². The van der Waals surface area contributed by atoms with Crippen LogP contribution in [0.25, 0.3) is 5.57 Å². The fourth-order valence-electron chi connectivity index (χ4n) is 9.65. The van der Waals surface area contributed by atoms with Crippen molar-refractivity contribution < 1.29 is 58.7 Å². The number of amides is 1. The van der Waals surface area contributed by atoms with Gasteiger partial charge in [-0.3, -0.25) is 19.1 Å². The third-order valence-electron chi connectivity index (χ3n) is 13.5. The van der Waals surface area contributed by atoms with Crippen molar-refractivity contribution in [2.75, 3.05) is 81.2 Å². The number of anilines is 2. The van der Waals surface area contributed by atoms with Gasteiger partial charge in [-0.25, -0.2) is 21.6 Å². The zero-order valence-corrected chi connectivity index (χ0v) is 44.7. The van der Waals surface area contributed by atoms with Crippen molar-refractivity contribution in [2.24, 2.45) is 11.3 Å². The predicted octanol–water partition coefficient (Wildman–Crippen LogP) is 8.85. The number of nitrogens with zero attached hydrogens (tertiary/aromatic N) is 3. The van der Waals surface area contributed by atoms with Gasteiger partial charge in [-0.15, -0.1) is 11.8 Å². The maximum Gasteiger partial charge on any atom is 0.501 e. The Labute approximate surface area is 434 Å². The number of nitrogens with one attached hydrogen (secondary N) is 2. The number of rotatable bonds is 18. The molecule has 2 fully saturated rings. The number of allylic oxidation sites excluding steroid dienone is 1. The number of benzene rings is 4. The molecule has 2 heterocycles. The lowest BCUT2D eigenvalue weighted by Gasteiger charge is -2.39. The second-order valence-corrected chi connectivity index (χ2v) is 26.0. The normalized spacial score (nSPS) is 19.4. The van der Waals surface area contributed by atoms with Crippen LogP contribution in [0.4, 0.5) is 24.5 Å². The first-order valence-electron chi connectivity index (χ1n) is 23.8. The van der Waals surface area contributed by atoms with Crippen LogP contribution in [-0.2, 0) is 34.0 Å². The average molecular weight is 1110 g/mol. The van der Waals surface area contributed by atoms with Gasteiger partial charge in [-0.05, 0) is 122 Å². The smallest absolute Gasteiger partial charge is 0.452 e. The third-order valence-corrected chi connectivity index (χ3v) is 18.2. The number of alkyl halides is 3.